The van der Waals surface area contributed by atoms with Gasteiger partial charge < -0.3 is 9.84 Å². The first-order chi connectivity index (χ1) is 8.66. The highest BCUT2D eigenvalue weighted by Crippen LogP contribution is 2.23. The van der Waals surface area contributed by atoms with Crippen molar-refractivity contribution in [1.29, 1.82) is 0 Å². The molecule has 1 aromatic heterocycles. The second-order valence-corrected chi connectivity index (χ2v) is 3.86. The molecule has 0 saturated heterocycles. The van der Waals surface area contributed by atoms with Gasteiger partial charge in [0.05, 0.1) is 0 Å². The number of carboxylic acids is 1. The number of rotatable bonds is 4. The van der Waals surface area contributed by atoms with Crippen molar-refractivity contribution in [3.8, 4) is 16.9 Å². The van der Waals surface area contributed by atoms with Crippen LogP contribution in [0.15, 0.2) is 48.8 Å². The molecule has 1 N–H and O–H groups in total. The van der Waals surface area contributed by atoms with Gasteiger partial charge in [0.2, 0.25) is 0 Å². The molecule has 4 heteroatoms. The summed E-state index contributed by atoms with van der Waals surface area (Å²) in [7, 11) is 0. The van der Waals surface area contributed by atoms with Crippen LogP contribution in [0.3, 0.4) is 0 Å². The van der Waals surface area contributed by atoms with E-state index in [1.54, 1.807) is 18.5 Å². The number of benzene rings is 1. The van der Waals surface area contributed by atoms with Gasteiger partial charge in [0, 0.05) is 12.4 Å². The average Bonchev–Trinajstić information content (AvgIpc) is 2.40. The molecule has 1 unspecified atom stereocenters. The Morgan fingerprint density at radius 1 is 1.22 bits per heavy atom. The lowest BCUT2D eigenvalue weighted by Gasteiger charge is -2.11. The van der Waals surface area contributed by atoms with Crippen molar-refractivity contribution in [2.45, 2.75) is 13.0 Å². The second kappa shape index (κ2) is 5.31. The third-order valence-corrected chi connectivity index (χ3v) is 2.51. The molecular formula is C14H13NO3. The fourth-order valence-electron chi connectivity index (χ4n) is 1.55. The van der Waals surface area contributed by atoms with E-state index in [4.69, 9.17) is 9.84 Å². The van der Waals surface area contributed by atoms with E-state index < -0.39 is 12.1 Å². The third kappa shape index (κ3) is 2.85. The van der Waals surface area contributed by atoms with Gasteiger partial charge in [-0.3, -0.25) is 4.98 Å². The van der Waals surface area contributed by atoms with E-state index in [0.29, 0.717) is 5.75 Å². The Morgan fingerprint density at radius 2 is 1.94 bits per heavy atom. The highest BCUT2D eigenvalue weighted by molar-refractivity contribution is 5.72. The minimum absolute atomic E-state index is 0.541. The largest absolute Gasteiger partial charge is 0.479 e. The summed E-state index contributed by atoms with van der Waals surface area (Å²) >= 11 is 0. The zero-order chi connectivity index (χ0) is 13.0. The van der Waals surface area contributed by atoms with Crippen molar-refractivity contribution >= 4 is 5.97 Å². The van der Waals surface area contributed by atoms with Gasteiger partial charge in [-0.05, 0) is 42.3 Å². The summed E-state index contributed by atoms with van der Waals surface area (Å²) in [6.45, 7) is 1.50. The van der Waals surface area contributed by atoms with Crippen molar-refractivity contribution in [1.82, 2.24) is 4.98 Å². The number of carbonyl (C=O) groups is 1. The number of aromatic nitrogens is 1. The summed E-state index contributed by atoms with van der Waals surface area (Å²) in [5.74, 6) is -0.441. The highest BCUT2D eigenvalue weighted by atomic mass is 16.5. The second-order valence-electron chi connectivity index (χ2n) is 3.86. The Kier molecular flexibility index (Phi) is 3.57. The van der Waals surface area contributed by atoms with Gasteiger partial charge in [-0.15, -0.1) is 0 Å². The van der Waals surface area contributed by atoms with E-state index in [1.807, 2.05) is 30.3 Å². The molecule has 1 heterocycles. The van der Waals surface area contributed by atoms with Crippen LogP contribution in [0, 0.1) is 0 Å². The summed E-state index contributed by atoms with van der Waals surface area (Å²) in [6.07, 6.45) is 2.56. The summed E-state index contributed by atoms with van der Waals surface area (Å²) in [5.41, 5.74) is 1.98. The van der Waals surface area contributed by atoms with Crippen LogP contribution in [-0.4, -0.2) is 22.2 Å². The summed E-state index contributed by atoms with van der Waals surface area (Å²) in [5, 5.41) is 8.80. The molecule has 0 radical (unpaired) electrons. The minimum Gasteiger partial charge on any atom is -0.479 e. The number of ether oxygens (including phenoxy) is 1. The van der Waals surface area contributed by atoms with Crippen LogP contribution in [-0.2, 0) is 4.79 Å². The van der Waals surface area contributed by atoms with Gasteiger partial charge in [0.15, 0.2) is 6.10 Å². The van der Waals surface area contributed by atoms with E-state index in [2.05, 4.69) is 4.98 Å². The van der Waals surface area contributed by atoms with Gasteiger partial charge in [-0.1, -0.05) is 12.1 Å². The lowest BCUT2D eigenvalue weighted by molar-refractivity contribution is -0.144. The van der Waals surface area contributed by atoms with E-state index >= 15 is 0 Å². The van der Waals surface area contributed by atoms with Crippen molar-refractivity contribution in [3.05, 3.63) is 48.8 Å². The number of pyridine rings is 1. The smallest absolute Gasteiger partial charge is 0.344 e. The maximum Gasteiger partial charge on any atom is 0.344 e. The Balaban J connectivity index is 2.23. The Hall–Kier alpha value is -2.36. The number of hydrogen-bond acceptors (Lipinski definition) is 3. The Labute approximate surface area is 105 Å². The lowest BCUT2D eigenvalue weighted by atomic mass is 10.1. The van der Waals surface area contributed by atoms with E-state index in [9.17, 15) is 4.79 Å². The maximum absolute atomic E-state index is 10.7. The summed E-state index contributed by atoms with van der Waals surface area (Å²) < 4.78 is 5.32. The Morgan fingerprint density at radius 3 is 2.61 bits per heavy atom. The van der Waals surface area contributed by atoms with Gasteiger partial charge in [0.1, 0.15) is 5.75 Å². The van der Waals surface area contributed by atoms with Crippen LogP contribution < -0.4 is 4.74 Å². The molecule has 0 aliphatic carbocycles. The molecule has 4 nitrogen and oxygen atoms in total. The maximum atomic E-state index is 10.7. The third-order valence-electron chi connectivity index (χ3n) is 2.51. The fourth-order valence-corrected chi connectivity index (χ4v) is 1.55. The van der Waals surface area contributed by atoms with Crippen molar-refractivity contribution < 1.29 is 14.6 Å². The van der Waals surface area contributed by atoms with E-state index in [1.165, 1.54) is 6.92 Å². The zero-order valence-electron chi connectivity index (χ0n) is 9.91. The van der Waals surface area contributed by atoms with Crippen LogP contribution in [0.2, 0.25) is 0 Å². The standard InChI is InChI=1S/C14H13NO3/c1-10(14(16)17)18-13-4-2-3-12(9-13)11-5-7-15-8-6-11/h2-10H,1H3,(H,16,17). The number of aliphatic carboxylic acids is 1. The lowest BCUT2D eigenvalue weighted by Crippen LogP contribution is -2.22. The molecule has 2 aromatic rings. The normalized spacial score (nSPS) is 11.8. The van der Waals surface area contributed by atoms with Crippen molar-refractivity contribution in [2.24, 2.45) is 0 Å². The van der Waals surface area contributed by atoms with Gasteiger partial charge >= 0.3 is 5.97 Å². The highest BCUT2D eigenvalue weighted by Gasteiger charge is 2.12. The average molecular weight is 243 g/mol. The first-order valence-electron chi connectivity index (χ1n) is 5.57. The molecule has 0 bridgehead atoms. The van der Waals surface area contributed by atoms with Gasteiger partial charge in [-0.25, -0.2) is 4.79 Å². The van der Waals surface area contributed by atoms with Gasteiger partial charge in [-0.2, -0.15) is 0 Å². The fraction of sp³-hybridized carbons (Fsp3) is 0.143. The van der Waals surface area contributed by atoms with Gasteiger partial charge in [0.25, 0.3) is 0 Å². The number of carboxylic acid groups (broad SMARTS) is 1. The zero-order valence-corrected chi connectivity index (χ0v) is 9.91. The van der Waals surface area contributed by atoms with Crippen LogP contribution in [0.4, 0.5) is 0 Å². The summed E-state index contributed by atoms with van der Waals surface area (Å²) in [4.78, 5) is 14.7. The molecule has 1 aromatic carbocycles. The SMILES string of the molecule is CC(Oc1cccc(-c2ccncc2)c1)C(=O)O. The Bertz CT molecular complexity index is 540. The van der Waals surface area contributed by atoms with E-state index in [0.717, 1.165) is 11.1 Å². The van der Waals surface area contributed by atoms with E-state index in [-0.39, 0.29) is 0 Å². The predicted octanol–water partition coefficient (Wildman–Crippen LogP) is 2.60. The first kappa shape index (κ1) is 12.1. The molecule has 92 valence electrons. The molecule has 18 heavy (non-hydrogen) atoms. The molecule has 0 spiro atoms. The molecule has 1 atom stereocenters. The van der Waals surface area contributed by atoms with Crippen LogP contribution in [0.5, 0.6) is 5.75 Å². The van der Waals surface area contributed by atoms with Crippen molar-refractivity contribution in [2.75, 3.05) is 0 Å². The van der Waals surface area contributed by atoms with Crippen molar-refractivity contribution in [3.63, 3.8) is 0 Å². The molecule has 2 rings (SSSR count). The molecule has 0 saturated carbocycles. The molecule has 0 fully saturated rings. The predicted molar refractivity (Wildman–Crippen MR) is 67.4 cm³/mol. The molecule has 0 aliphatic heterocycles. The minimum atomic E-state index is -0.982. The quantitative estimate of drug-likeness (QED) is 0.896. The molecule has 0 amide bonds. The summed E-state index contributed by atoms with van der Waals surface area (Å²) in [6, 6.07) is 11.1. The topological polar surface area (TPSA) is 59.4 Å². The monoisotopic (exact) mass is 243 g/mol. The van der Waals surface area contributed by atoms with Crippen LogP contribution >= 0.6 is 0 Å². The number of hydrogen-bond donors (Lipinski definition) is 1. The number of nitrogens with zero attached hydrogens (tertiary/aromatic N) is 1. The first-order valence-corrected chi connectivity index (χ1v) is 5.57. The van der Waals surface area contributed by atoms with Crippen LogP contribution in [0.25, 0.3) is 11.1 Å². The van der Waals surface area contributed by atoms with Crippen LogP contribution in [0.1, 0.15) is 6.92 Å². The molecular weight excluding hydrogens is 230 g/mol. The molecule has 0 aliphatic rings.